The summed E-state index contributed by atoms with van der Waals surface area (Å²) in [4.78, 5) is 12.7. The van der Waals surface area contributed by atoms with Crippen LogP contribution in [0, 0.1) is 6.92 Å². The first kappa shape index (κ1) is 23.1. The van der Waals surface area contributed by atoms with Gasteiger partial charge in [0.15, 0.2) is 0 Å². The minimum Gasteiger partial charge on any atom is -0.497 e. The van der Waals surface area contributed by atoms with E-state index in [-0.39, 0.29) is 17.2 Å². The molecule has 0 aliphatic carbocycles. The maximum Gasteiger partial charge on any atom is 0.243 e. The van der Waals surface area contributed by atoms with Crippen LogP contribution >= 0.6 is 0 Å². The highest BCUT2D eigenvalue weighted by molar-refractivity contribution is 7.89. The molecule has 2 aromatic carbocycles. The molecule has 0 saturated carbocycles. The van der Waals surface area contributed by atoms with Crippen molar-refractivity contribution in [2.75, 3.05) is 45.8 Å². The number of amides is 1. The van der Waals surface area contributed by atoms with Gasteiger partial charge in [-0.15, -0.1) is 0 Å². The summed E-state index contributed by atoms with van der Waals surface area (Å²) in [6, 6.07) is 10.4. The van der Waals surface area contributed by atoms with Crippen molar-refractivity contribution < 1.29 is 27.4 Å². The van der Waals surface area contributed by atoms with E-state index in [9.17, 15) is 13.2 Å². The van der Waals surface area contributed by atoms with Crippen LogP contribution in [0.25, 0.3) is 0 Å². The van der Waals surface area contributed by atoms with Gasteiger partial charge in [-0.25, -0.2) is 8.42 Å². The zero-order chi connectivity index (χ0) is 22.4. The second-order valence-corrected chi connectivity index (χ2v) is 9.17. The number of carbonyl (C=O) groups excluding carboxylic acids is 1. The van der Waals surface area contributed by atoms with Gasteiger partial charge in [-0.2, -0.15) is 4.31 Å². The summed E-state index contributed by atoms with van der Waals surface area (Å²) in [5.74, 6) is 1.11. The highest BCUT2D eigenvalue weighted by Gasteiger charge is 2.28. The van der Waals surface area contributed by atoms with Crippen molar-refractivity contribution in [2.45, 2.75) is 24.7 Å². The molecule has 1 heterocycles. The molecule has 168 valence electrons. The average molecular weight is 449 g/mol. The van der Waals surface area contributed by atoms with Gasteiger partial charge in [0.1, 0.15) is 11.5 Å². The Balaban J connectivity index is 1.69. The van der Waals surface area contributed by atoms with Gasteiger partial charge >= 0.3 is 0 Å². The van der Waals surface area contributed by atoms with Crippen LogP contribution < -0.4 is 14.8 Å². The summed E-state index contributed by atoms with van der Waals surface area (Å²) in [6.45, 7) is 3.15. The van der Waals surface area contributed by atoms with Crippen molar-refractivity contribution in [3.05, 3.63) is 47.5 Å². The molecule has 9 heteroatoms. The number of carbonyl (C=O) groups is 1. The molecule has 1 amide bonds. The zero-order valence-corrected chi connectivity index (χ0v) is 18.8. The van der Waals surface area contributed by atoms with Gasteiger partial charge in [-0.3, -0.25) is 4.79 Å². The van der Waals surface area contributed by atoms with Gasteiger partial charge in [0.2, 0.25) is 15.9 Å². The van der Waals surface area contributed by atoms with Gasteiger partial charge in [-0.1, -0.05) is 6.07 Å². The Bertz CT molecular complexity index is 1010. The van der Waals surface area contributed by atoms with Gasteiger partial charge in [-0.05, 0) is 48.7 Å². The Kier molecular flexibility index (Phi) is 7.53. The van der Waals surface area contributed by atoms with E-state index in [1.54, 1.807) is 39.3 Å². The molecule has 0 aromatic heterocycles. The fourth-order valence-corrected chi connectivity index (χ4v) is 5.03. The fraction of sp³-hybridized carbons (Fsp3) is 0.409. The van der Waals surface area contributed by atoms with Gasteiger partial charge in [0.05, 0.1) is 32.3 Å². The number of nitrogens with one attached hydrogen (secondary N) is 1. The number of hydrogen-bond acceptors (Lipinski definition) is 6. The summed E-state index contributed by atoms with van der Waals surface area (Å²) in [5, 5.41) is 2.80. The lowest BCUT2D eigenvalue weighted by atomic mass is 10.1. The van der Waals surface area contributed by atoms with Crippen LogP contribution in [-0.4, -0.2) is 59.2 Å². The number of hydrogen-bond donors (Lipinski definition) is 1. The molecule has 1 aliphatic heterocycles. The van der Waals surface area contributed by atoms with Crippen molar-refractivity contribution in [1.82, 2.24) is 4.31 Å². The fourth-order valence-electron chi connectivity index (χ4n) is 3.37. The van der Waals surface area contributed by atoms with Crippen LogP contribution in [0.5, 0.6) is 11.5 Å². The van der Waals surface area contributed by atoms with E-state index in [0.29, 0.717) is 55.5 Å². The van der Waals surface area contributed by atoms with Crippen molar-refractivity contribution >= 4 is 21.6 Å². The third kappa shape index (κ3) is 5.75. The molecular weight excluding hydrogens is 420 g/mol. The van der Waals surface area contributed by atoms with Gasteiger partial charge in [0, 0.05) is 31.3 Å². The first-order valence-electron chi connectivity index (χ1n) is 10.0. The molecule has 0 radical (unpaired) electrons. The number of methoxy groups -OCH3 is 2. The predicted octanol–water partition coefficient (Wildman–Crippen LogP) is 2.60. The van der Waals surface area contributed by atoms with Gasteiger partial charge in [0.25, 0.3) is 0 Å². The van der Waals surface area contributed by atoms with Crippen molar-refractivity contribution in [3.8, 4) is 11.5 Å². The van der Waals surface area contributed by atoms with E-state index in [2.05, 4.69) is 5.32 Å². The molecule has 2 aromatic rings. The Morgan fingerprint density at radius 2 is 1.71 bits per heavy atom. The largest absolute Gasteiger partial charge is 0.497 e. The molecule has 1 aliphatic rings. The summed E-state index contributed by atoms with van der Waals surface area (Å²) >= 11 is 0. The minimum absolute atomic E-state index is 0.199. The molecule has 31 heavy (non-hydrogen) atoms. The van der Waals surface area contributed by atoms with E-state index in [1.807, 2.05) is 12.1 Å². The number of anilines is 1. The van der Waals surface area contributed by atoms with Crippen molar-refractivity contribution in [3.63, 3.8) is 0 Å². The number of sulfonamides is 1. The van der Waals surface area contributed by atoms with Crippen LogP contribution in [0.3, 0.4) is 0 Å². The Morgan fingerprint density at radius 3 is 2.32 bits per heavy atom. The Labute approximate surface area is 183 Å². The maximum atomic E-state index is 13.0. The smallest absolute Gasteiger partial charge is 0.243 e. The molecular formula is C22H28N2O6S. The zero-order valence-electron chi connectivity index (χ0n) is 18.0. The molecule has 1 N–H and O–H groups in total. The topological polar surface area (TPSA) is 94.2 Å². The number of benzene rings is 2. The lowest BCUT2D eigenvalue weighted by molar-refractivity contribution is -0.116. The molecule has 0 unspecified atom stereocenters. The third-order valence-corrected chi connectivity index (χ3v) is 7.15. The molecule has 3 rings (SSSR count). The standard InChI is InChI=1S/C22H28N2O6S/c1-16-4-6-18(14-21(16)31(26,27)24-8-10-30-11-9-24)23-22(25)7-5-17-12-19(28-2)15-20(13-17)29-3/h4,6,12-15H,5,7-11H2,1-3H3,(H,23,25). The highest BCUT2D eigenvalue weighted by Crippen LogP contribution is 2.25. The van der Waals surface area contributed by atoms with Crippen LogP contribution in [-0.2, 0) is 26.0 Å². The Hall–Kier alpha value is -2.62. The van der Waals surface area contributed by atoms with Crippen molar-refractivity contribution in [1.29, 1.82) is 0 Å². The van der Waals surface area contributed by atoms with E-state index in [1.165, 1.54) is 10.4 Å². The van der Waals surface area contributed by atoms with Crippen LogP contribution in [0.15, 0.2) is 41.3 Å². The minimum atomic E-state index is -3.65. The quantitative estimate of drug-likeness (QED) is 0.667. The van der Waals surface area contributed by atoms with Crippen molar-refractivity contribution in [2.24, 2.45) is 0 Å². The average Bonchev–Trinajstić information content (AvgIpc) is 2.79. The normalized spacial score (nSPS) is 14.8. The SMILES string of the molecule is COc1cc(CCC(=O)Nc2ccc(C)c(S(=O)(=O)N3CCOCC3)c2)cc(OC)c1. The number of ether oxygens (including phenoxy) is 3. The van der Waals surface area contributed by atoms with Crippen LogP contribution in [0.4, 0.5) is 5.69 Å². The molecule has 0 bridgehead atoms. The first-order valence-corrected chi connectivity index (χ1v) is 11.5. The molecule has 0 atom stereocenters. The second kappa shape index (κ2) is 10.1. The lowest BCUT2D eigenvalue weighted by Gasteiger charge is -2.26. The van der Waals surface area contributed by atoms with Crippen LogP contribution in [0.2, 0.25) is 0 Å². The summed E-state index contributed by atoms with van der Waals surface area (Å²) in [7, 11) is -0.498. The Morgan fingerprint density at radius 1 is 1.06 bits per heavy atom. The molecule has 1 fully saturated rings. The number of rotatable bonds is 8. The lowest BCUT2D eigenvalue weighted by Crippen LogP contribution is -2.40. The van der Waals surface area contributed by atoms with E-state index in [0.717, 1.165) is 5.56 Å². The predicted molar refractivity (Wildman–Crippen MR) is 117 cm³/mol. The number of nitrogens with zero attached hydrogens (tertiary/aromatic N) is 1. The summed E-state index contributed by atoms with van der Waals surface area (Å²) < 4.78 is 43.2. The molecule has 0 spiro atoms. The highest BCUT2D eigenvalue weighted by atomic mass is 32.2. The number of aryl methyl sites for hydroxylation is 2. The summed E-state index contributed by atoms with van der Waals surface area (Å²) in [6.07, 6.45) is 0.722. The monoisotopic (exact) mass is 448 g/mol. The molecule has 8 nitrogen and oxygen atoms in total. The van der Waals surface area contributed by atoms with E-state index in [4.69, 9.17) is 14.2 Å². The number of morpholine rings is 1. The first-order chi connectivity index (χ1) is 14.8. The maximum absolute atomic E-state index is 13.0. The van der Waals surface area contributed by atoms with E-state index < -0.39 is 10.0 Å². The van der Waals surface area contributed by atoms with E-state index >= 15 is 0 Å². The molecule has 1 saturated heterocycles. The van der Waals surface area contributed by atoms with Crippen LogP contribution in [0.1, 0.15) is 17.5 Å². The summed E-state index contributed by atoms with van der Waals surface area (Å²) in [5.41, 5.74) is 1.99. The van der Waals surface area contributed by atoms with Gasteiger partial charge < -0.3 is 19.5 Å². The second-order valence-electron chi connectivity index (χ2n) is 7.27. The third-order valence-electron chi connectivity index (χ3n) is 5.11.